The molecule has 0 amide bonds. The molecule has 90 valence electrons. The molecule has 0 saturated carbocycles. The largest absolute Gasteiger partial charge is 0.395 e. The van der Waals surface area contributed by atoms with E-state index in [9.17, 15) is 5.11 Å². The first-order valence-electron chi connectivity index (χ1n) is 6.70. The second kappa shape index (κ2) is 7.24. The van der Waals surface area contributed by atoms with E-state index in [4.69, 9.17) is 0 Å². The smallest absolute Gasteiger partial charge is 0.0586 e. The van der Waals surface area contributed by atoms with E-state index in [-0.39, 0.29) is 0 Å². The fourth-order valence-electron chi connectivity index (χ4n) is 2.74. The fraction of sp³-hybridized carbons (Fsp3) is 1.00. The van der Waals surface area contributed by atoms with Crippen molar-refractivity contribution in [1.82, 2.24) is 4.90 Å². The quantitative estimate of drug-likeness (QED) is 0.733. The van der Waals surface area contributed by atoms with Crippen molar-refractivity contribution >= 4 is 0 Å². The third-order valence-corrected chi connectivity index (χ3v) is 3.71. The first-order chi connectivity index (χ1) is 7.33. The molecule has 0 aromatic rings. The van der Waals surface area contributed by atoms with Crippen LogP contribution in [0.3, 0.4) is 0 Å². The Kier molecular flexibility index (Phi) is 6.26. The second-order valence-corrected chi connectivity index (χ2v) is 4.77. The molecule has 2 atom stereocenters. The molecular weight excluding hydrogens is 186 g/mol. The number of unbranched alkanes of at least 4 members (excludes halogenated alkanes) is 1. The van der Waals surface area contributed by atoms with Crippen LogP contribution in [0.25, 0.3) is 0 Å². The molecule has 0 bridgehead atoms. The Bertz CT molecular complexity index is 161. The molecule has 0 radical (unpaired) electrons. The summed E-state index contributed by atoms with van der Waals surface area (Å²) < 4.78 is 0. The average molecular weight is 213 g/mol. The van der Waals surface area contributed by atoms with Gasteiger partial charge in [-0.25, -0.2) is 0 Å². The third kappa shape index (κ3) is 3.76. The minimum absolute atomic E-state index is 0.350. The SMILES string of the molecule is CCCCC(CC)N1CCCC[C@@H]1CO. The number of hydrogen-bond acceptors (Lipinski definition) is 2. The lowest BCUT2D eigenvalue weighted by Gasteiger charge is -2.40. The molecule has 1 rings (SSSR count). The van der Waals surface area contributed by atoms with Gasteiger partial charge >= 0.3 is 0 Å². The van der Waals surface area contributed by atoms with Crippen LogP contribution in [-0.2, 0) is 0 Å². The lowest BCUT2D eigenvalue weighted by Crippen LogP contribution is -2.47. The zero-order valence-electron chi connectivity index (χ0n) is 10.4. The number of nitrogens with zero attached hydrogens (tertiary/aromatic N) is 1. The minimum Gasteiger partial charge on any atom is -0.395 e. The van der Waals surface area contributed by atoms with Crippen molar-refractivity contribution in [2.75, 3.05) is 13.2 Å². The monoisotopic (exact) mass is 213 g/mol. The van der Waals surface area contributed by atoms with Crippen LogP contribution in [-0.4, -0.2) is 35.2 Å². The molecule has 0 aromatic heterocycles. The summed E-state index contributed by atoms with van der Waals surface area (Å²) in [6.45, 7) is 6.09. The maximum absolute atomic E-state index is 9.39. The number of rotatable bonds is 6. The van der Waals surface area contributed by atoms with Crippen molar-refractivity contribution in [3.05, 3.63) is 0 Å². The highest BCUT2D eigenvalue weighted by Gasteiger charge is 2.26. The van der Waals surface area contributed by atoms with Crippen molar-refractivity contribution in [3.8, 4) is 0 Å². The van der Waals surface area contributed by atoms with E-state index in [1.165, 1.54) is 51.5 Å². The van der Waals surface area contributed by atoms with Crippen molar-refractivity contribution in [2.24, 2.45) is 0 Å². The minimum atomic E-state index is 0.350. The van der Waals surface area contributed by atoms with Crippen LogP contribution in [0.2, 0.25) is 0 Å². The second-order valence-electron chi connectivity index (χ2n) is 4.77. The van der Waals surface area contributed by atoms with Gasteiger partial charge in [0.2, 0.25) is 0 Å². The zero-order chi connectivity index (χ0) is 11.1. The molecule has 2 heteroatoms. The van der Waals surface area contributed by atoms with E-state index in [0.717, 1.165) is 0 Å². The highest BCUT2D eigenvalue weighted by atomic mass is 16.3. The summed E-state index contributed by atoms with van der Waals surface area (Å²) in [7, 11) is 0. The highest BCUT2D eigenvalue weighted by Crippen LogP contribution is 2.23. The summed E-state index contributed by atoms with van der Waals surface area (Å²) in [5, 5.41) is 9.39. The van der Waals surface area contributed by atoms with Crippen molar-refractivity contribution in [1.29, 1.82) is 0 Å². The first-order valence-corrected chi connectivity index (χ1v) is 6.70. The number of likely N-dealkylation sites (tertiary alicyclic amines) is 1. The van der Waals surface area contributed by atoms with Crippen LogP contribution in [0.4, 0.5) is 0 Å². The van der Waals surface area contributed by atoms with Gasteiger partial charge in [-0.05, 0) is 32.2 Å². The lowest BCUT2D eigenvalue weighted by atomic mass is 9.96. The summed E-state index contributed by atoms with van der Waals surface area (Å²) in [5.41, 5.74) is 0. The molecule has 1 fully saturated rings. The van der Waals surface area contributed by atoms with Gasteiger partial charge in [0, 0.05) is 12.1 Å². The molecule has 1 aliphatic rings. The van der Waals surface area contributed by atoms with Gasteiger partial charge in [0.1, 0.15) is 0 Å². The first kappa shape index (κ1) is 13.0. The molecule has 15 heavy (non-hydrogen) atoms. The van der Waals surface area contributed by atoms with Gasteiger partial charge in [-0.1, -0.05) is 33.1 Å². The van der Waals surface area contributed by atoms with Gasteiger partial charge in [0.15, 0.2) is 0 Å². The molecule has 1 heterocycles. The summed E-state index contributed by atoms with van der Waals surface area (Å²) in [4.78, 5) is 2.57. The molecule has 0 spiro atoms. The Morgan fingerprint density at radius 3 is 2.73 bits per heavy atom. The predicted molar refractivity (Wildman–Crippen MR) is 65.0 cm³/mol. The molecule has 1 unspecified atom stereocenters. The standard InChI is InChI=1S/C13H27NO/c1-3-5-8-12(4-2)14-10-7-6-9-13(14)11-15/h12-13,15H,3-11H2,1-2H3/t12?,13-/m1/s1. The van der Waals surface area contributed by atoms with E-state index in [0.29, 0.717) is 18.7 Å². The topological polar surface area (TPSA) is 23.5 Å². The highest BCUT2D eigenvalue weighted by molar-refractivity contribution is 4.81. The third-order valence-electron chi connectivity index (χ3n) is 3.71. The van der Waals surface area contributed by atoms with Crippen LogP contribution < -0.4 is 0 Å². The molecule has 2 nitrogen and oxygen atoms in total. The van der Waals surface area contributed by atoms with Gasteiger partial charge in [0.05, 0.1) is 6.61 Å². The fourth-order valence-corrected chi connectivity index (χ4v) is 2.74. The Hall–Kier alpha value is -0.0800. The Morgan fingerprint density at radius 2 is 2.13 bits per heavy atom. The van der Waals surface area contributed by atoms with Crippen molar-refractivity contribution in [3.63, 3.8) is 0 Å². The van der Waals surface area contributed by atoms with Crippen molar-refractivity contribution < 1.29 is 5.11 Å². The van der Waals surface area contributed by atoms with Crippen LogP contribution in [0.15, 0.2) is 0 Å². The van der Waals surface area contributed by atoms with Crippen LogP contribution in [0.5, 0.6) is 0 Å². The lowest BCUT2D eigenvalue weighted by molar-refractivity contribution is 0.0471. The van der Waals surface area contributed by atoms with E-state index in [2.05, 4.69) is 18.7 Å². The average Bonchev–Trinajstić information content (AvgIpc) is 2.30. The summed E-state index contributed by atoms with van der Waals surface area (Å²) in [6, 6.07) is 1.16. The maximum Gasteiger partial charge on any atom is 0.0586 e. The molecule has 1 saturated heterocycles. The van der Waals surface area contributed by atoms with E-state index >= 15 is 0 Å². The summed E-state index contributed by atoms with van der Waals surface area (Å²) in [6.07, 6.45) is 8.96. The molecule has 0 aromatic carbocycles. The van der Waals surface area contributed by atoms with Crippen LogP contribution >= 0.6 is 0 Å². The van der Waals surface area contributed by atoms with Gasteiger partial charge in [-0.15, -0.1) is 0 Å². The number of aliphatic hydroxyl groups excluding tert-OH is 1. The number of hydrogen-bond donors (Lipinski definition) is 1. The Labute approximate surface area is 94.7 Å². The Morgan fingerprint density at radius 1 is 1.33 bits per heavy atom. The number of aliphatic hydroxyl groups is 1. The normalized spacial score (nSPS) is 25.4. The molecule has 1 aliphatic heterocycles. The summed E-state index contributed by atoms with van der Waals surface area (Å²) in [5.74, 6) is 0. The van der Waals surface area contributed by atoms with Gasteiger partial charge in [0.25, 0.3) is 0 Å². The summed E-state index contributed by atoms with van der Waals surface area (Å²) >= 11 is 0. The van der Waals surface area contributed by atoms with E-state index < -0.39 is 0 Å². The van der Waals surface area contributed by atoms with Crippen LogP contribution in [0.1, 0.15) is 58.8 Å². The van der Waals surface area contributed by atoms with Crippen molar-refractivity contribution in [2.45, 2.75) is 70.9 Å². The predicted octanol–water partition coefficient (Wildman–Crippen LogP) is 2.80. The van der Waals surface area contributed by atoms with Gasteiger partial charge in [-0.2, -0.15) is 0 Å². The molecule has 1 N–H and O–H groups in total. The Balaban J connectivity index is 2.47. The van der Waals surface area contributed by atoms with Crippen LogP contribution in [0, 0.1) is 0 Å². The number of piperidine rings is 1. The molecular formula is C13H27NO. The maximum atomic E-state index is 9.39. The molecule has 0 aliphatic carbocycles. The van der Waals surface area contributed by atoms with E-state index in [1.807, 2.05) is 0 Å². The van der Waals surface area contributed by atoms with Gasteiger partial charge in [-0.3, -0.25) is 4.90 Å². The van der Waals surface area contributed by atoms with E-state index in [1.54, 1.807) is 0 Å². The van der Waals surface area contributed by atoms with Gasteiger partial charge < -0.3 is 5.11 Å². The zero-order valence-corrected chi connectivity index (χ0v) is 10.4.